The highest BCUT2D eigenvalue weighted by Crippen LogP contribution is 2.53. The van der Waals surface area contributed by atoms with Gasteiger partial charge in [0.1, 0.15) is 0 Å². The molecule has 4 atom stereocenters. The van der Waals surface area contributed by atoms with E-state index in [9.17, 15) is 0 Å². The molecule has 4 unspecified atom stereocenters. The first-order chi connectivity index (χ1) is 9.19. The first-order valence-corrected chi connectivity index (χ1v) is 9.36. The largest absolute Gasteiger partial charge is 0.309 e. The molecule has 0 spiro atoms. The molecule has 1 nitrogen and oxygen atoms in total. The molecule has 2 bridgehead atoms. The maximum atomic E-state index is 6.23. The quantitative estimate of drug-likeness (QED) is 0.714. The third-order valence-corrected chi connectivity index (χ3v) is 7.36. The van der Waals surface area contributed by atoms with Crippen LogP contribution in [0.3, 0.4) is 0 Å². The topological polar surface area (TPSA) is 12.0 Å². The number of hydrogen-bond donors (Lipinski definition) is 1. The van der Waals surface area contributed by atoms with E-state index in [1.807, 2.05) is 11.3 Å². The van der Waals surface area contributed by atoms with Crippen LogP contribution in [0.1, 0.15) is 49.9 Å². The summed E-state index contributed by atoms with van der Waals surface area (Å²) in [5.74, 6) is 2.77. The van der Waals surface area contributed by atoms with Crippen molar-refractivity contribution >= 4 is 38.9 Å². The maximum absolute atomic E-state index is 6.23. The Bertz CT molecular complexity index is 428. The van der Waals surface area contributed by atoms with E-state index < -0.39 is 0 Å². The lowest BCUT2D eigenvalue weighted by Crippen LogP contribution is -2.31. The highest BCUT2D eigenvalue weighted by atomic mass is 79.9. The third kappa shape index (κ3) is 2.90. The molecule has 4 heteroatoms. The molecule has 0 amide bonds. The number of thiophene rings is 1. The lowest BCUT2D eigenvalue weighted by molar-refractivity contribution is 0.253. The summed E-state index contributed by atoms with van der Waals surface area (Å²) in [6.45, 7) is 3.34. The predicted octanol–water partition coefficient (Wildman–Crippen LogP) is 5.64. The second-order valence-electron chi connectivity index (χ2n) is 6.04. The summed E-state index contributed by atoms with van der Waals surface area (Å²) >= 11 is 11.6. The van der Waals surface area contributed by atoms with E-state index in [2.05, 4.69) is 34.2 Å². The molecule has 2 aliphatic rings. The van der Waals surface area contributed by atoms with Gasteiger partial charge in [0.25, 0.3) is 0 Å². The van der Waals surface area contributed by atoms with Crippen LogP contribution in [0.5, 0.6) is 0 Å². The summed E-state index contributed by atoms with van der Waals surface area (Å²) < 4.78 is 1.08. The van der Waals surface area contributed by atoms with E-state index in [1.165, 1.54) is 37.0 Å². The van der Waals surface area contributed by atoms with Crippen LogP contribution < -0.4 is 5.32 Å². The molecule has 1 N–H and O–H groups in total. The lowest BCUT2D eigenvalue weighted by atomic mass is 9.82. The second kappa shape index (κ2) is 6.05. The van der Waals surface area contributed by atoms with Gasteiger partial charge in [-0.15, -0.1) is 11.3 Å². The van der Waals surface area contributed by atoms with Crippen molar-refractivity contribution in [1.82, 2.24) is 5.32 Å². The summed E-state index contributed by atoms with van der Waals surface area (Å²) in [4.78, 5) is 1.42. The smallest absolute Gasteiger partial charge is 0.0887 e. The Labute approximate surface area is 133 Å². The molecule has 106 valence electrons. The molecule has 2 saturated carbocycles. The first-order valence-electron chi connectivity index (χ1n) is 7.37. The lowest BCUT2D eigenvalue weighted by Gasteiger charge is -2.30. The Morgan fingerprint density at radius 2 is 2.32 bits per heavy atom. The molecular formula is C15H21BrClNS. The summed E-state index contributed by atoms with van der Waals surface area (Å²) in [7, 11) is 0. The van der Waals surface area contributed by atoms with Crippen LogP contribution in [0.25, 0.3) is 0 Å². The number of halogens is 2. The molecule has 3 rings (SSSR count). The van der Waals surface area contributed by atoms with Crippen LogP contribution in [0.2, 0.25) is 5.02 Å². The van der Waals surface area contributed by atoms with Crippen molar-refractivity contribution in [1.29, 1.82) is 0 Å². The van der Waals surface area contributed by atoms with Crippen LogP contribution in [0.15, 0.2) is 9.85 Å². The molecule has 0 radical (unpaired) electrons. The normalized spacial score (nSPS) is 31.0. The first kappa shape index (κ1) is 14.4. The highest BCUT2D eigenvalue weighted by Gasteiger charge is 2.43. The zero-order chi connectivity index (χ0) is 13.4. The van der Waals surface area contributed by atoms with Crippen LogP contribution >= 0.6 is 38.9 Å². The minimum atomic E-state index is 0.518. The van der Waals surface area contributed by atoms with Gasteiger partial charge in [0.15, 0.2) is 0 Å². The maximum Gasteiger partial charge on any atom is 0.0887 e. The summed E-state index contributed by atoms with van der Waals surface area (Å²) in [6, 6.07) is 2.68. The minimum absolute atomic E-state index is 0.518. The standard InChI is InChI=1S/C15H21BrClNS/c1-2-5-18-14(13-8-12(17)15(16)19-13)11-7-9-3-4-10(11)6-9/h8-11,14,18H,2-7H2,1H3. The molecule has 2 fully saturated rings. The molecule has 0 aliphatic heterocycles. The van der Waals surface area contributed by atoms with Crippen molar-refractivity contribution in [3.8, 4) is 0 Å². The van der Waals surface area contributed by atoms with Crippen molar-refractivity contribution in [3.63, 3.8) is 0 Å². The Morgan fingerprint density at radius 1 is 1.47 bits per heavy atom. The Kier molecular flexibility index (Phi) is 4.57. The fourth-order valence-electron chi connectivity index (χ4n) is 3.98. The van der Waals surface area contributed by atoms with Gasteiger partial charge in [0.2, 0.25) is 0 Å². The molecule has 1 aromatic rings. The zero-order valence-electron chi connectivity index (χ0n) is 11.3. The van der Waals surface area contributed by atoms with E-state index in [4.69, 9.17) is 11.6 Å². The van der Waals surface area contributed by atoms with E-state index in [0.29, 0.717) is 6.04 Å². The van der Waals surface area contributed by atoms with Gasteiger partial charge >= 0.3 is 0 Å². The van der Waals surface area contributed by atoms with E-state index >= 15 is 0 Å². The Balaban J connectivity index is 1.81. The second-order valence-corrected chi connectivity index (χ2v) is 8.85. The van der Waals surface area contributed by atoms with Crippen molar-refractivity contribution in [3.05, 3.63) is 19.8 Å². The number of nitrogens with one attached hydrogen (secondary N) is 1. The van der Waals surface area contributed by atoms with Crippen LogP contribution in [0.4, 0.5) is 0 Å². The van der Waals surface area contributed by atoms with Gasteiger partial charge in [-0.25, -0.2) is 0 Å². The van der Waals surface area contributed by atoms with Crippen molar-refractivity contribution in [2.45, 2.75) is 45.1 Å². The van der Waals surface area contributed by atoms with E-state index in [1.54, 1.807) is 0 Å². The summed E-state index contributed by atoms with van der Waals surface area (Å²) in [5, 5.41) is 4.65. The third-order valence-electron chi connectivity index (χ3n) is 4.81. The van der Waals surface area contributed by atoms with Gasteiger partial charge in [-0.3, -0.25) is 0 Å². The SMILES string of the molecule is CCCNC(c1cc(Cl)c(Br)s1)C1CC2CCC1C2. The van der Waals surface area contributed by atoms with Gasteiger partial charge in [0.05, 0.1) is 8.81 Å². The minimum Gasteiger partial charge on any atom is -0.309 e. The predicted molar refractivity (Wildman–Crippen MR) is 87.0 cm³/mol. The van der Waals surface area contributed by atoms with Crippen LogP contribution in [-0.4, -0.2) is 6.54 Å². The number of fused-ring (bicyclic) bond motifs is 2. The van der Waals surface area contributed by atoms with Crippen molar-refractivity contribution < 1.29 is 0 Å². The molecule has 0 aromatic carbocycles. The zero-order valence-corrected chi connectivity index (χ0v) is 14.5. The van der Waals surface area contributed by atoms with Gasteiger partial charge in [-0.05, 0) is 72.0 Å². The highest BCUT2D eigenvalue weighted by molar-refractivity contribution is 9.11. The Morgan fingerprint density at radius 3 is 2.84 bits per heavy atom. The van der Waals surface area contributed by atoms with Gasteiger partial charge < -0.3 is 5.32 Å². The molecule has 19 heavy (non-hydrogen) atoms. The van der Waals surface area contributed by atoms with Crippen LogP contribution in [0, 0.1) is 17.8 Å². The average molecular weight is 363 g/mol. The average Bonchev–Trinajstić information content (AvgIpc) is 3.08. The van der Waals surface area contributed by atoms with E-state index in [0.717, 1.165) is 33.1 Å². The molecule has 2 aliphatic carbocycles. The number of rotatable bonds is 5. The van der Waals surface area contributed by atoms with E-state index in [-0.39, 0.29) is 0 Å². The molecular weight excluding hydrogens is 342 g/mol. The Hall–Kier alpha value is 0.430. The van der Waals surface area contributed by atoms with Crippen LogP contribution in [-0.2, 0) is 0 Å². The van der Waals surface area contributed by atoms with Crippen molar-refractivity contribution in [2.24, 2.45) is 17.8 Å². The van der Waals surface area contributed by atoms with Gasteiger partial charge in [-0.1, -0.05) is 24.9 Å². The molecule has 1 heterocycles. The molecule has 0 saturated heterocycles. The number of hydrogen-bond acceptors (Lipinski definition) is 2. The van der Waals surface area contributed by atoms with Gasteiger partial charge in [0, 0.05) is 10.9 Å². The van der Waals surface area contributed by atoms with Gasteiger partial charge in [-0.2, -0.15) is 0 Å². The summed E-state index contributed by atoms with van der Waals surface area (Å²) in [6.07, 6.45) is 6.99. The fourth-order valence-corrected chi connectivity index (χ4v) is 5.88. The molecule has 1 aromatic heterocycles. The van der Waals surface area contributed by atoms with Crippen molar-refractivity contribution in [2.75, 3.05) is 6.54 Å². The monoisotopic (exact) mass is 361 g/mol. The fraction of sp³-hybridized carbons (Fsp3) is 0.733. The summed E-state index contributed by atoms with van der Waals surface area (Å²) in [5.41, 5.74) is 0.